The first-order valence-electron chi connectivity index (χ1n) is 5.95. The number of benzene rings is 1. The Labute approximate surface area is 97.3 Å². The maximum atomic E-state index is 12.5. The van der Waals surface area contributed by atoms with E-state index in [0.29, 0.717) is 5.92 Å². The molecule has 0 radical (unpaired) electrons. The van der Waals surface area contributed by atoms with E-state index in [4.69, 9.17) is 0 Å². The lowest BCUT2D eigenvalue weighted by atomic mass is 9.74. The zero-order valence-corrected chi connectivity index (χ0v) is 10.4. The molecule has 0 spiro atoms. The third kappa shape index (κ3) is 1.22. The van der Waals surface area contributed by atoms with Crippen LogP contribution in [0, 0.1) is 5.92 Å². The molecule has 1 heterocycles. The smallest absolute Gasteiger partial charge is 0.237 e. The van der Waals surface area contributed by atoms with E-state index in [2.05, 4.69) is 26.8 Å². The lowest BCUT2D eigenvalue weighted by molar-refractivity contribution is -0.124. The number of para-hydroxylation sites is 1. The summed E-state index contributed by atoms with van der Waals surface area (Å²) >= 11 is 0. The molecule has 16 heavy (non-hydrogen) atoms. The highest BCUT2D eigenvalue weighted by molar-refractivity contribution is 6.07. The van der Waals surface area contributed by atoms with E-state index in [1.54, 1.807) is 0 Å². The van der Waals surface area contributed by atoms with Crippen molar-refractivity contribution in [1.82, 2.24) is 0 Å². The molecule has 0 aromatic heterocycles. The fourth-order valence-electron chi connectivity index (χ4n) is 2.53. The Hall–Kier alpha value is -1.31. The van der Waals surface area contributed by atoms with Crippen LogP contribution < -0.4 is 4.90 Å². The van der Waals surface area contributed by atoms with Gasteiger partial charge in [-0.1, -0.05) is 32.0 Å². The lowest BCUT2D eigenvalue weighted by Crippen LogP contribution is -2.41. The first-order valence-corrected chi connectivity index (χ1v) is 5.95. The number of rotatable bonds is 2. The van der Waals surface area contributed by atoms with Crippen molar-refractivity contribution in [2.75, 3.05) is 11.4 Å². The molecule has 0 saturated carbocycles. The first kappa shape index (κ1) is 11.2. The summed E-state index contributed by atoms with van der Waals surface area (Å²) in [5, 5.41) is 0. The van der Waals surface area contributed by atoms with Gasteiger partial charge in [-0.2, -0.15) is 0 Å². The normalized spacial score (nSPS) is 24.1. The van der Waals surface area contributed by atoms with Crippen molar-refractivity contribution in [2.24, 2.45) is 5.92 Å². The van der Waals surface area contributed by atoms with Crippen molar-refractivity contribution < 1.29 is 4.79 Å². The number of fused-ring (bicyclic) bond motifs is 1. The van der Waals surface area contributed by atoms with Crippen molar-refractivity contribution >= 4 is 11.6 Å². The molecule has 1 aliphatic heterocycles. The molecule has 2 heteroatoms. The first-order chi connectivity index (χ1) is 7.53. The number of likely N-dealkylation sites (N-methyl/N-ethyl adjacent to an activating group) is 1. The Bertz CT molecular complexity index is 424. The van der Waals surface area contributed by atoms with Gasteiger partial charge in [0.15, 0.2) is 0 Å². The van der Waals surface area contributed by atoms with Crippen molar-refractivity contribution in [3.8, 4) is 0 Å². The number of anilines is 1. The monoisotopic (exact) mass is 217 g/mol. The van der Waals surface area contributed by atoms with Crippen molar-refractivity contribution in [2.45, 2.75) is 33.1 Å². The van der Waals surface area contributed by atoms with E-state index in [-0.39, 0.29) is 11.3 Å². The minimum Gasteiger partial charge on any atom is -0.312 e. The Balaban J connectivity index is 2.64. The SMILES string of the molecule is CCN1C(=O)C(C)(C(C)C)c2ccccc21. The van der Waals surface area contributed by atoms with E-state index in [1.165, 1.54) is 5.56 Å². The second-order valence-corrected chi connectivity index (χ2v) is 4.92. The number of carbonyl (C=O) groups excluding carboxylic acids is 1. The molecule has 2 nitrogen and oxygen atoms in total. The van der Waals surface area contributed by atoms with Gasteiger partial charge in [0.2, 0.25) is 5.91 Å². The Morgan fingerprint density at radius 1 is 1.31 bits per heavy atom. The predicted octanol–water partition coefficient (Wildman–Crippen LogP) is 2.97. The highest BCUT2D eigenvalue weighted by Gasteiger charge is 2.48. The largest absolute Gasteiger partial charge is 0.312 e. The molecule has 0 saturated heterocycles. The van der Waals surface area contributed by atoms with Crippen LogP contribution in [0.3, 0.4) is 0 Å². The maximum Gasteiger partial charge on any atom is 0.237 e. The van der Waals surface area contributed by atoms with E-state index in [9.17, 15) is 4.79 Å². The molecule has 1 amide bonds. The quantitative estimate of drug-likeness (QED) is 0.745. The van der Waals surface area contributed by atoms with Crippen LogP contribution in [0.4, 0.5) is 5.69 Å². The van der Waals surface area contributed by atoms with Gasteiger partial charge in [0.05, 0.1) is 5.41 Å². The van der Waals surface area contributed by atoms with Crippen LogP contribution in [0.5, 0.6) is 0 Å². The third-order valence-electron chi connectivity index (χ3n) is 3.91. The van der Waals surface area contributed by atoms with Crippen LogP contribution >= 0.6 is 0 Å². The van der Waals surface area contributed by atoms with Crippen LogP contribution in [-0.2, 0) is 10.2 Å². The van der Waals surface area contributed by atoms with Gasteiger partial charge in [-0.25, -0.2) is 0 Å². The Morgan fingerprint density at radius 2 is 1.94 bits per heavy atom. The summed E-state index contributed by atoms with van der Waals surface area (Å²) in [6.07, 6.45) is 0. The number of nitrogens with zero attached hydrogens (tertiary/aromatic N) is 1. The highest BCUT2D eigenvalue weighted by atomic mass is 16.2. The fourth-order valence-corrected chi connectivity index (χ4v) is 2.53. The third-order valence-corrected chi connectivity index (χ3v) is 3.91. The lowest BCUT2D eigenvalue weighted by Gasteiger charge is -2.28. The molecule has 1 aromatic rings. The Kier molecular flexibility index (Phi) is 2.53. The van der Waals surface area contributed by atoms with Gasteiger partial charge >= 0.3 is 0 Å². The van der Waals surface area contributed by atoms with E-state index in [0.717, 1.165) is 12.2 Å². The van der Waals surface area contributed by atoms with Gasteiger partial charge in [-0.3, -0.25) is 4.79 Å². The summed E-state index contributed by atoms with van der Waals surface area (Å²) in [7, 11) is 0. The van der Waals surface area contributed by atoms with Crippen molar-refractivity contribution in [3.05, 3.63) is 29.8 Å². The number of hydrogen-bond donors (Lipinski definition) is 0. The van der Waals surface area contributed by atoms with E-state index < -0.39 is 0 Å². The van der Waals surface area contributed by atoms with Gasteiger partial charge in [-0.15, -0.1) is 0 Å². The minimum atomic E-state index is -0.355. The van der Waals surface area contributed by atoms with Crippen LogP contribution in [0.2, 0.25) is 0 Å². The maximum absolute atomic E-state index is 12.5. The average molecular weight is 217 g/mol. The average Bonchev–Trinajstić information content (AvgIpc) is 2.50. The molecular weight excluding hydrogens is 198 g/mol. The van der Waals surface area contributed by atoms with E-state index >= 15 is 0 Å². The number of carbonyl (C=O) groups is 1. The number of amides is 1. The summed E-state index contributed by atoms with van der Waals surface area (Å²) < 4.78 is 0. The molecule has 1 aliphatic rings. The molecule has 0 aliphatic carbocycles. The van der Waals surface area contributed by atoms with Crippen LogP contribution in [0.25, 0.3) is 0 Å². The van der Waals surface area contributed by atoms with Crippen LogP contribution in [0.15, 0.2) is 24.3 Å². The zero-order chi connectivity index (χ0) is 11.9. The zero-order valence-electron chi connectivity index (χ0n) is 10.4. The van der Waals surface area contributed by atoms with Crippen molar-refractivity contribution in [3.63, 3.8) is 0 Å². The molecule has 0 N–H and O–H groups in total. The summed E-state index contributed by atoms with van der Waals surface area (Å²) in [6, 6.07) is 8.15. The summed E-state index contributed by atoms with van der Waals surface area (Å²) in [4.78, 5) is 14.4. The molecule has 86 valence electrons. The second-order valence-electron chi connectivity index (χ2n) is 4.92. The second kappa shape index (κ2) is 3.62. The van der Waals surface area contributed by atoms with E-state index in [1.807, 2.05) is 30.0 Å². The highest BCUT2D eigenvalue weighted by Crippen LogP contribution is 2.45. The molecule has 1 aromatic carbocycles. The van der Waals surface area contributed by atoms with Gasteiger partial charge in [-0.05, 0) is 31.4 Å². The van der Waals surface area contributed by atoms with Crippen LogP contribution in [0.1, 0.15) is 33.3 Å². The molecule has 1 atom stereocenters. The fraction of sp³-hybridized carbons (Fsp3) is 0.500. The molecule has 0 bridgehead atoms. The Morgan fingerprint density at radius 3 is 2.50 bits per heavy atom. The van der Waals surface area contributed by atoms with Gasteiger partial charge in [0, 0.05) is 12.2 Å². The van der Waals surface area contributed by atoms with Gasteiger partial charge in [0.25, 0.3) is 0 Å². The molecule has 1 unspecified atom stereocenters. The molecule has 0 fully saturated rings. The topological polar surface area (TPSA) is 20.3 Å². The predicted molar refractivity (Wildman–Crippen MR) is 66.7 cm³/mol. The van der Waals surface area contributed by atoms with Crippen LogP contribution in [-0.4, -0.2) is 12.5 Å². The number of hydrogen-bond acceptors (Lipinski definition) is 1. The van der Waals surface area contributed by atoms with Crippen molar-refractivity contribution in [1.29, 1.82) is 0 Å². The molecule has 2 rings (SSSR count). The van der Waals surface area contributed by atoms with Gasteiger partial charge < -0.3 is 4.90 Å². The standard InChI is InChI=1S/C14H19NO/c1-5-15-12-9-7-6-8-11(12)14(4,10(2)3)13(15)16/h6-10H,5H2,1-4H3. The summed E-state index contributed by atoms with van der Waals surface area (Å²) in [6.45, 7) is 9.08. The summed E-state index contributed by atoms with van der Waals surface area (Å²) in [5.41, 5.74) is 1.91. The summed E-state index contributed by atoms with van der Waals surface area (Å²) in [5.74, 6) is 0.559. The molecular formula is C14H19NO. The minimum absolute atomic E-state index is 0.242. The van der Waals surface area contributed by atoms with Gasteiger partial charge in [0.1, 0.15) is 0 Å².